The summed E-state index contributed by atoms with van der Waals surface area (Å²) >= 11 is 0. The fraction of sp³-hybridized carbons (Fsp3) is 0.0500. The van der Waals surface area contributed by atoms with Gasteiger partial charge in [-0.2, -0.15) is 0 Å². The second kappa shape index (κ2) is 9.84. The predicted octanol–water partition coefficient (Wildman–Crippen LogP) is 8.47. The number of fused-ring (bicyclic) bond motifs is 6. The zero-order valence-corrected chi connectivity index (χ0v) is 22.9. The van der Waals surface area contributed by atoms with Gasteiger partial charge in [0.2, 0.25) is 0 Å². The van der Waals surface area contributed by atoms with Gasteiger partial charge in [-0.15, -0.1) is 25.7 Å². The molecule has 2 heterocycles. The van der Waals surface area contributed by atoms with Crippen molar-refractivity contribution in [2.75, 3.05) is 0 Å². The Kier molecular flexibility index (Phi) is 5.85. The monoisotopic (exact) mass is 532 g/mol. The molecule has 0 N–H and O–H groups in total. The van der Waals surface area contributed by atoms with Gasteiger partial charge in [0.15, 0.2) is 0 Å². The molecule has 0 radical (unpaired) electrons. The van der Waals surface area contributed by atoms with E-state index in [1.165, 1.54) is 0 Å². The van der Waals surface area contributed by atoms with Gasteiger partial charge < -0.3 is 9.13 Å². The second-order valence-electron chi connectivity index (χ2n) is 10.3. The molecular formula is C40H24N2. The molecule has 0 saturated heterocycles. The maximum Gasteiger partial charge on any atom is 0.0841 e. The van der Waals surface area contributed by atoms with E-state index in [-0.39, 0.29) is 0 Å². The highest BCUT2D eigenvalue weighted by Crippen LogP contribution is 2.50. The van der Waals surface area contributed by atoms with Gasteiger partial charge in [0.1, 0.15) is 0 Å². The summed E-state index contributed by atoms with van der Waals surface area (Å²) in [5.74, 6) is 11.3. The van der Waals surface area contributed by atoms with Crippen LogP contribution in [0.2, 0.25) is 0 Å². The third-order valence-electron chi connectivity index (χ3n) is 8.09. The second-order valence-corrected chi connectivity index (χ2v) is 10.3. The average molecular weight is 533 g/mol. The number of terminal acetylenes is 4. The van der Waals surface area contributed by atoms with Crippen LogP contribution < -0.4 is 0 Å². The smallest absolute Gasteiger partial charge is 0.0841 e. The van der Waals surface area contributed by atoms with Gasteiger partial charge >= 0.3 is 0 Å². The molecule has 0 atom stereocenters. The minimum atomic E-state index is 0.420. The van der Waals surface area contributed by atoms with Gasteiger partial charge in [-0.25, -0.2) is 0 Å². The summed E-state index contributed by atoms with van der Waals surface area (Å²) in [6.07, 6.45) is 23.5. The Hall–Kier alpha value is -6.06. The molecule has 0 aliphatic heterocycles. The van der Waals surface area contributed by atoms with E-state index in [9.17, 15) is 0 Å². The summed E-state index contributed by atoms with van der Waals surface area (Å²) in [4.78, 5) is 0. The Morgan fingerprint density at radius 1 is 0.476 bits per heavy atom. The highest BCUT2D eigenvalue weighted by Gasteiger charge is 2.27. The van der Waals surface area contributed by atoms with Crippen molar-refractivity contribution in [3.05, 3.63) is 108 Å². The Balaban J connectivity index is 1.85. The number of para-hydroxylation sites is 2. The Morgan fingerprint density at radius 3 is 1.21 bits per heavy atom. The van der Waals surface area contributed by atoms with E-state index in [0.29, 0.717) is 13.1 Å². The lowest BCUT2D eigenvalue weighted by atomic mass is 9.89. The van der Waals surface area contributed by atoms with Crippen LogP contribution in [0.15, 0.2) is 97.1 Å². The van der Waals surface area contributed by atoms with Gasteiger partial charge in [0.05, 0.1) is 35.2 Å². The molecule has 0 spiro atoms. The molecule has 42 heavy (non-hydrogen) atoms. The summed E-state index contributed by atoms with van der Waals surface area (Å²) in [6, 6.07) is 33.3. The Labute approximate surface area is 245 Å². The molecular weight excluding hydrogens is 508 g/mol. The lowest BCUT2D eigenvalue weighted by Crippen LogP contribution is -2.00. The zero-order chi connectivity index (χ0) is 28.8. The lowest BCUT2D eigenvalue weighted by Gasteiger charge is -2.17. The first kappa shape index (κ1) is 24.9. The Bertz CT molecular complexity index is 2190. The number of hydrogen-bond donors (Lipinski definition) is 0. The highest BCUT2D eigenvalue weighted by molar-refractivity contribution is 6.32. The molecule has 7 rings (SSSR count). The minimum Gasteiger partial charge on any atom is -0.328 e. The molecule has 2 nitrogen and oxygen atoms in total. The zero-order valence-electron chi connectivity index (χ0n) is 22.9. The van der Waals surface area contributed by atoms with Crippen LogP contribution in [0.1, 0.15) is 11.1 Å². The third kappa shape index (κ3) is 3.54. The van der Waals surface area contributed by atoms with Gasteiger partial charge in [-0.3, -0.25) is 0 Å². The van der Waals surface area contributed by atoms with Crippen LogP contribution in [0.25, 0.3) is 65.9 Å². The van der Waals surface area contributed by atoms with E-state index in [1.807, 2.05) is 24.3 Å². The van der Waals surface area contributed by atoms with Gasteiger partial charge in [0.25, 0.3) is 0 Å². The summed E-state index contributed by atoms with van der Waals surface area (Å²) in [6.45, 7) is 0.840. The molecule has 0 unspecified atom stereocenters. The summed E-state index contributed by atoms with van der Waals surface area (Å²) in [5.41, 5.74) is 10.3. The summed E-state index contributed by atoms with van der Waals surface area (Å²) in [5, 5.41) is 4.50. The molecule has 0 bridgehead atoms. The number of aromatic nitrogens is 2. The molecule has 2 aromatic heterocycles. The van der Waals surface area contributed by atoms with Crippen molar-refractivity contribution >= 4 is 43.6 Å². The van der Waals surface area contributed by atoms with E-state index in [0.717, 1.165) is 77.0 Å². The maximum atomic E-state index is 6.02. The van der Waals surface area contributed by atoms with E-state index >= 15 is 0 Å². The maximum absolute atomic E-state index is 6.02. The van der Waals surface area contributed by atoms with E-state index in [2.05, 4.69) is 106 Å². The quantitative estimate of drug-likeness (QED) is 0.201. The first-order valence-corrected chi connectivity index (χ1v) is 13.7. The normalized spacial score (nSPS) is 11.0. The van der Waals surface area contributed by atoms with E-state index in [1.54, 1.807) is 0 Å². The standard InChI is InChI=1S/C40H24N2/c1-5-25-41-33-15-11-9-13-31(33)37-36(30-23-19-28(8-4)20-24-30)40-38(32-14-10-12-16-34(32)42(40)26-6-2)35(39(37)41)29-21-17-27(7-3)18-22-29/h1-4,9-24H,25-26H2. The molecule has 5 aromatic carbocycles. The van der Waals surface area contributed by atoms with Crippen LogP contribution in [-0.4, -0.2) is 9.13 Å². The van der Waals surface area contributed by atoms with Crippen LogP contribution in [0.4, 0.5) is 0 Å². The lowest BCUT2D eigenvalue weighted by molar-refractivity contribution is 0.921. The van der Waals surface area contributed by atoms with Crippen molar-refractivity contribution in [1.29, 1.82) is 0 Å². The fourth-order valence-corrected chi connectivity index (χ4v) is 6.41. The predicted molar refractivity (Wildman–Crippen MR) is 177 cm³/mol. The SMILES string of the molecule is C#CCn1c2ccccc2c2c(-c3ccc(C#C)cc3)c3c(c(-c4ccc(C#C)cc4)c21)c1ccccc1n3CC#C. The molecule has 0 fully saturated rings. The van der Waals surface area contributed by atoms with Gasteiger partial charge in [-0.1, -0.05) is 84.3 Å². The van der Waals surface area contributed by atoms with Crippen LogP contribution >= 0.6 is 0 Å². The highest BCUT2D eigenvalue weighted by atomic mass is 15.0. The van der Waals surface area contributed by atoms with Crippen molar-refractivity contribution in [3.8, 4) is 71.6 Å². The average Bonchev–Trinajstić information content (AvgIpc) is 3.54. The van der Waals surface area contributed by atoms with Crippen molar-refractivity contribution in [2.45, 2.75) is 13.1 Å². The Morgan fingerprint density at radius 2 is 0.857 bits per heavy atom. The molecule has 0 aliphatic rings. The van der Waals surface area contributed by atoms with Crippen LogP contribution in [0, 0.1) is 49.4 Å². The summed E-state index contributed by atoms with van der Waals surface area (Å²) in [7, 11) is 0. The number of nitrogens with zero attached hydrogens (tertiary/aromatic N) is 2. The van der Waals surface area contributed by atoms with Crippen molar-refractivity contribution < 1.29 is 0 Å². The van der Waals surface area contributed by atoms with Crippen LogP contribution in [-0.2, 0) is 13.1 Å². The van der Waals surface area contributed by atoms with Crippen molar-refractivity contribution in [3.63, 3.8) is 0 Å². The van der Waals surface area contributed by atoms with Gasteiger partial charge in [0, 0.05) is 43.8 Å². The van der Waals surface area contributed by atoms with E-state index in [4.69, 9.17) is 25.7 Å². The minimum absolute atomic E-state index is 0.420. The topological polar surface area (TPSA) is 9.86 Å². The fourth-order valence-electron chi connectivity index (χ4n) is 6.41. The molecule has 2 heteroatoms. The first-order chi connectivity index (χ1) is 20.7. The first-order valence-electron chi connectivity index (χ1n) is 13.7. The van der Waals surface area contributed by atoms with Gasteiger partial charge in [-0.05, 0) is 47.5 Å². The number of hydrogen-bond acceptors (Lipinski definition) is 0. The molecule has 7 aromatic rings. The third-order valence-corrected chi connectivity index (χ3v) is 8.09. The van der Waals surface area contributed by atoms with Crippen LogP contribution in [0.5, 0.6) is 0 Å². The molecule has 0 amide bonds. The molecule has 194 valence electrons. The van der Waals surface area contributed by atoms with Crippen LogP contribution in [0.3, 0.4) is 0 Å². The number of benzene rings is 5. The van der Waals surface area contributed by atoms with Crippen molar-refractivity contribution in [1.82, 2.24) is 9.13 Å². The molecule has 0 aliphatic carbocycles. The van der Waals surface area contributed by atoms with Crippen molar-refractivity contribution in [2.24, 2.45) is 0 Å². The largest absolute Gasteiger partial charge is 0.328 e. The summed E-state index contributed by atoms with van der Waals surface area (Å²) < 4.78 is 4.53. The number of rotatable bonds is 4. The van der Waals surface area contributed by atoms with E-state index < -0.39 is 0 Å². The molecule has 0 saturated carbocycles.